The van der Waals surface area contributed by atoms with E-state index in [0.29, 0.717) is 18.2 Å². The van der Waals surface area contributed by atoms with Crippen LogP contribution in [0.15, 0.2) is 18.2 Å². The molecule has 1 aliphatic carbocycles. The Morgan fingerprint density at radius 2 is 2.06 bits per heavy atom. The lowest BCUT2D eigenvalue weighted by molar-refractivity contribution is -0.120. The van der Waals surface area contributed by atoms with Gasteiger partial charge in [-0.3, -0.25) is 4.79 Å². The number of hydrogen-bond acceptors (Lipinski definition) is 2. The zero-order chi connectivity index (χ0) is 12.9. The van der Waals surface area contributed by atoms with E-state index in [4.69, 9.17) is 0 Å². The number of nitrogens with zero attached hydrogens (tertiary/aromatic N) is 2. The Morgan fingerprint density at radius 3 is 2.72 bits per heavy atom. The maximum absolute atomic E-state index is 13.4. The molecule has 2 atom stereocenters. The average molecular weight is 248 g/mol. The van der Waals surface area contributed by atoms with Crippen molar-refractivity contribution in [2.45, 2.75) is 13.3 Å². The highest BCUT2D eigenvalue weighted by Crippen LogP contribution is 2.42. The minimum atomic E-state index is -0.286. The molecule has 2 aliphatic rings. The first kappa shape index (κ1) is 11.5. The van der Waals surface area contributed by atoms with Crippen LogP contribution in [0.4, 0.5) is 15.8 Å². The van der Waals surface area contributed by atoms with E-state index in [1.165, 1.54) is 12.1 Å². The van der Waals surface area contributed by atoms with Gasteiger partial charge in [-0.05, 0) is 30.5 Å². The fourth-order valence-corrected chi connectivity index (χ4v) is 2.62. The highest BCUT2D eigenvalue weighted by molar-refractivity contribution is 6.00. The van der Waals surface area contributed by atoms with E-state index >= 15 is 0 Å². The van der Waals surface area contributed by atoms with Crippen molar-refractivity contribution < 1.29 is 9.18 Å². The predicted octanol–water partition coefficient (Wildman–Crippen LogP) is 2.26. The third-order valence-electron chi connectivity index (χ3n) is 3.99. The van der Waals surface area contributed by atoms with Crippen LogP contribution in [0.3, 0.4) is 0 Å². The van der Waals surface area contributed by atoms with Crippen molar-refractivity contribution in [3.8, 4) is 0 Å². The number of amides is 1. The maximum Gasteiger partial charge on any atom is 0.230 e. The third kappa shape index (κ3) is 1.76. The van der Waals surface area contributed by atoms with E-state index in [-0.39, 0.29) is 17.6 Å². The standard InChI is InChI=1S/C14H17FN2O/c1-9-7-11(9)14(18)17-6-5-16(2)12-4-3-10(15)8-13(12)17/h3-4,8-9,11H,5-7H2,1-2H3. The molecule has 3 nitrogen and oxygen atoms in total. The van der Waals surface area contributed by atoms with Crippen LogP contribution in [0.1, 0.15) is 13.3 Å². The van der Waals surface area contributed by atoms with Crippen LogP contribution in [0, 0.1) is 17.7 Å². The van der Waals surface area contributed by atoms with Crippen LogP contribution in [-0.4, -0.2) is 26.0 Å². The molecule has 0 radical (unpaired) electrons. The van der Waals surface area contributed by atoms with Crippen molar-refractivity contribution in [2.75, 3.05) is 29.9 Å². The highest BCUT2D eigenvalue weighted by Gasteiger charge is 2.43. The molecular formula is C14H17FN2O. The van der Waals surface area contributed by atoms with E-state index in [9.17, 15) is 9.18 Å². The summed E-state index contributed by atoms with van der Waals surface area (Å²) in [5.41, 5.74) is 1.65. The summed E-state index contributed by atoms with van der Waals surface area (Å²) in [6, 6.07) is 4.67. The van der Waals surface area contributed by atoms with E-state index in [0.717, 1.165) is 18.7 Å². The molecule has 1 aromatic carbocycles. The molecule has 1 aliphatic heterocycles. The van der Waals surface area contributed by atoms with Gasteiger partial charge in [0.2, 0.25) is 5.91 Å². The van der Waals surface area contributed by atoms with Gasteiger partial charge in [-0.2, -0.15) is 0 Å². The van der Waals surface area contributed by atoms with Crippen molar-refractivity contribution in [3.63, 3.8) is 0 Å². The summed E-state index contributed by atoms with van der Waals surface area (Å²) in [7, 11) is 1.97. The summed E-state index contributed by atoms with van der Waals surface area (Å²) in [6.07, 6.45) is 0.968. The van der Waals surface area contributed by atoms with Gasteiger partial charge in [0.1, 0.15) is 5.82 Å². The summed E-state index contributed by atoms with van der Waals surface area (Å²) < 4.78 is 13.4. The zero-order valence-electron chi connectivity index (χ0n) is 10.7. The normalized spacial score (nSPS) is 25.9. The topological polar surface area (TPSA) is 23.6 Å². The molecule has 3 rings (SSSR count). The number of rotatable bonds is 1. The molecule has 96 valence electrons. The molecule has 1 heterocycles. The van der Waals surface area contributed by atoms with Crippen molar-refractivity contribution in [3.05, 3.63) is 24.0 Å². The van der Waals surface area contributed by atoms with Gasteiger partial charge in [0.15, 0.2) is 0 Å². The minimum absolute atomic E-state index is 0.143. The number of likely N-dealkylation sites (N-methyl/N-ethyl adjacent to an activating group) is 1. The first-order valence-electron chi connectivity index (χ1n) is 6.40. The molecule has 0 saturated heterocycles. The first-order valence-corrected chi connectivity index (χ1v) is 6.40. The van der Waals surface area contributed by atoms with Gasteiger partial charge >= 0.3 is 0 Å². The molecule has 2 unspecified atom stereocenters. The fourth-order valence-electron chi connectivity index (χ4n) is 2.62. The second kappa shape index (κ2) is 3.97. The molecular weight excluding hydrogens is 231 g/mol. The Hall–Kier alpha value is -1.58. The van der Waals surface area contributed by atoms with Crippen LogP contribution in [-0.2, 0) is 4.79 Å². The maximum atomic E-state index is 13.4. The number of halogens is 1. The first-order chi connectivity index (χ1) is 8.58. The minimum Gasteiger partial charge on any atom is -0.371 e. The van der Waals surface area contributed by atoms with E-state index in [1.54, 1.807) is 11.0 Å². The highest BCUT2D eigenvalue weighted by atomic mass is 19.1. The quantitative estimate of drug-likeness (QED) is 0.761. The number of benzene rings is 1. The smallest absolute Gasteiger partial charge is 0.230 e. The van der Waals surface area contributed by atoms with Gasteiger partial charge < -0.3 is 9.80 Å². The molecule has 4 heteroatoms. The SMILES string of the molecule is CC1CC1C(=O)N1CCN(C)c2ccc(F)cc21. The fraction of sp³-hybridized carbons (Fsp3) is 0.500. The Labute approximate surface area is 106 Å². The Bertz CT molecular complexity index is 503. The van der Waals surface area contributed by atoms with Crippen molar-refractivity contribution >= 4 is 17.3 Å². The van der Waals surface area contributed by atoms with Crippen LogP contribution >= 0.6 is 0 Å². The van der Waals surface area contributed by atoms with Gasteiger partial charge in [-0.15, -0.1) is 0 Å². The number of carbonyl (C=O) groups is 1. The van der Waals surface area contributed by atoms with Gasteiger partial charge in [0.25, 0.3) is 0 Å². The number of carbonyl (C=O) groups excluding carboxylic acids is 1. The second-order valence-corrected chi connectivity index (χ2v) is 5.36. The zero-order valence-corrected chi connectivity index (χ0v) is 10.7. The molecule has 0 N–H and O–H groups in total. The molecule has 0 bridgehead atoms. The van der Waals surface area contributed by atoms with Gasteiger partial charge in [0.05, 0.1) is 11.4 Å². The Balaban J connectivity index is 1.96. The van der Waals surface area contributed by atoms with Gasteiger partial charge in [0, 0.05) is 26.1 Å². The lowest BCUT2D eigenvalue weighted by Crippen LogP contribution is -2.43. The van der Waals surface area contributed by atoms with E-state index in [1.807, 2.05) is 7.05 Å². The summed E-state index contributed by atoms with van der Waals surface area (Å²) in [5, 5.41) is 0. The third-order valence-corrected chi connectivity index (χ3v) is 3.99. The largest absolute Gasteiger partial charge is 0.371 e. The molecule has 1 saturated carbocycles. The molecule has 18 heavy (non-hydrogen) atoms. The molecule has 0 spiro atoms. The average Bonchev–Trinajstić information content (AvgIpc) is 3.06. The Morgan fingerprint density at radius 1 is 1.33 bits per heavy atom. The number of hydrogen-bond donors (Lipinski definition) is 0. The molecule has 1 aromatic rings. The molecule has 0 aromatic heterocycles. The second-order valence-electron chi connectivity index (χ2n) is 5.36. The summed E-state index contributed by atoms with van der Waals surface area (Å²) in [5.74, 6) is 0.492. The molecule has 1 fully saturated rings. The number of fused-ring (bicyclic) bond motifs is 1. The van der Waals surface area contributed by atoms with E-state index < -0.39 is 0 Å². The lowest BCUT2D eigenvalue weighted by atomic mass is 10.1. The molecule has 1 amide bonds. The number of anilines is 2. The monoisotopic (exact) mass is 248 g/mol. The summed E-state index contributed by atoms with van der Waals surface area (Å²) >= 11 is 0. The van der Waals surface area contributed by atoms with Gasteiger partial charge in [-0.1, -0.05) is 6.92 Å². The van der Waals surface area contributed by atoms with Crippen molar-refractivity contribution in [2.24, 2.45) is 11.8 Å². The van der Waals surface area contributed by atoms with Crippen molar-refractivity contribution in [1.29, 1.82) is 0 Å². The lowest BCUT2D eigenvalue weighted by Gasteiger charge is -2.35. The van der Waals surface area contributed by atoms with Crippen LogP contribution in [0.5, 0.6) is 0 Å². The van der Waals surface area contributed by atoms with E-state index in [2.05, 4.69) is 11.8 Å². The van der Waals surface area contributed by atoms with Crippen LogP contribution in [0.25, 0.3) is 0 Å². The predicted molar refractivity (Wildman–Crippen MR) is 69.3 cm³/mol. The van der Waals surface area contributed by atoms with Crippen molar-refractivity contribution in [1.82, 2.24) is 0 Å². The van der Waals surface area contributed by atoms with Gasteiger partial charge in [-0.25, -0.2) is 4.39 Å². The Kier molecular flexibility index (Phi) is 2.54. The van der Waals surface area contributed by atoms with Crippen LogP contribution in [0.2, 0.25) is 0 Å². The summed E-state index contributed by atoms with van der Waals surface area (Å²) in [6.45, 7) is 3.53. The van der Waals surface area contributed by atoms with Crippen LogP contribution < -0.4 is 9.80 Å². The summed E-state index contributed by atoms with van der Waals surface area (Å²) in [4.78, 5) is 16.2.